The number of hydrogen-bond donors (Lipinski definition) is 0. The number of anilines is 3. The van der Waals surface area contributed by atoms with Crippen molar-refractivity contribution in [2.24, 2.45) is 0 Å². The zero-order valence-corrected chi connectivity index (χ0v) is 26.0. The molecule has 0 spiro atoms. The Balaban J connectivity index is 1.14. The largest absolute Gasteiger partial charge is 0.454 e. The topological polar surface area (TPSA) is 29.3 Å². The first kappa shape index (κ1) is 26.7. The molecule has 0 N–H and O–H groups in total. The summed E-state index contributed by atoms with van der Waals surface area (Å²) in [5.74, 6) is 0.827. The Labute approximate surface area is 278 Å². The lowest BCUT2D eigenvalue weighted by molar-refractivity contribution is 0.667. The Bertz CT molecular complexity index is 2670. The van der Waals surface area contributed by atoms with E-state index in [1.807, 2.05) is 18.3 Å². The quantitative estimate of drug-likeness (QED) is 0.194. The third kappa shape index (κ3) is 4.11. The second-order valence-corrected chi connectivity index (χ2v) is 12.4. The van der Waals surface area contributed by atoms with Crippen molar-refractivity contribution in [3.63, 3.8) is 0 Å². The lowest BCUT2D eigenvalue weighted by Crippen LogP contribution is -2.12. The SMILES string of the molecule is c1ccc(-c2ccccc2N(c2ccc(-c3cc4c5c(cccc5c3)-c3ccccc3-4)cc2)c2cc3c(cn2)oc2ccccc23)cc1. The molecular formula is C45H28N2O. The summed E-state index contributed by atoms with van der Waals surface area (Å²) in [5, 5.41) is 4.74. The maximum Gasteiger partial charge on any atom is 0.153 e. The first-order valence-electron chi connectivity index (χ1n) is 16.3. The molecule has 2 aromatic heterocycles. The highest BCUT2D eigenvalue weighted by molar-refractivity contribution is 6.16. The predicted molar refractivity (Wildman–Crippen MR) is 199 cm³/mol. The second-order valence-electron chi connectivity index (χ2n) is 12.4. The number of furan rings is 1. The number of pyridine rings is 1. The highest BCUT2D eigenvalue weighted by atomic mass is 16.3. The summed E-state index contributed by atoms with van der Waals surface area (Å²) in [6.07, 6.45) is 1.85. The Kier molecular flexibility index (Phi) is 5.87. The maximum absolute atomic E-state index is 6.15. The number of rotatable bonds is 5. The highest BCUT2D eigenvalue weighted by Gasteiger charge is 2.23. The van der Waals surface area contributed by atoms with Gasteiger partial charge < -0.3 is 4.42 Å². The van der Waals surface area contributed by atoms with Crippen LogP contribution in [0.1, 0.15) is 0 Å². The van der Waals surface area contributed by atoms with Crippen molar-refractivity contribution in [1.82, 2.24) is 4.98 Å². The van der Waals surface area contributed by atoms with E-state index >= 15 is 0 Å². The van der Waals surface area contributed by atoms with Gasteiger partial charge in [0.25, 0.3) is 0 Å². The maximum atomic E-state index is 6.15. The van der Waals surface area contributed by atoms with E-state index in [1.54, 1.807) is 0 Å². The zero-order chi connectivity index (χ0) is 31.6. The minimum Gasteiger partial charge on any atom is -0.454 e. The summed E-state index contributed by atoms with van der Waals surface area (Å²) in [4.78, 5) is 7.25. The van der Waals surface area contributed by atoms with Gasteiger partial charge in [-0.05, 0) is 92.2 Å². The van der Waals surface area contributed by atoms with Crippen LogP contribution in [0.5, 0.6) is 0 Å². The molecule has 7 aromatic carbocycles. The number of para-hydroxylation sites is 2. The Morgan fingerprint density at radius 2 is 1.15 bits per heavy atom. The standard InChI is InChI=1S/C45H28N2O/c1-2-11-30(12-3-1)34-14-6-8-19-41(34)47(44-27-39-37-17-7-9-20-42(37)48-43(39)28-46-44)33-23-21-29(22-24-33)32-25-31-13-10-18-38-35-15-4-5-16-36(35)40(26-32)45(31)38/h1-28H. The fraction of sp³-hybridized carbons (Fsp3) is 0. The highest BCUT2D eigenvalue weighted by Crippen LogP contribution is 2.49. The predicted octanol–water partition coefficient (Wildman–Crippen LogP) is 12.6. The smallest absolute Gasteiger partial charge is 0.153 e. The van der Waals surface area contributed by atoms with Crippen LogP contribution in [-0.4, -0.2) is 4.98 Å². The molecule has 10 rings (SSSR count). The van der Waals surface area contributed by atoms with Gasteiger partial charge in [0.2, 0.25) is 0 Å². The van der Waals surface area contributed by atoms with E-state index in [4.69, 9.17) is 9.40 Å². The first-order valence-corrected chi connectivity index (χ1v) is 16.3. The third-order valence-corrected chi connectivity index (χ3v) is 9.65. The van der Waals surface area contributed by atoms with Crippen LogP contribution in [0.4, 0.5) is 17.2 Å². The van der Waals surface area contributed by atoms with Crippen LogP contribution in [-0.2, 0) is 0 Å². The van der Waals surface area contributed by atoms with E-state index in [9.17, 15) is 0 Å². The normalized spacial score (nSPS) is 11.8. The molecular weight excluding hydrogens is 585 g/mol. The number of aromatic nitrogens is 1. The van der Waals surface area contributed by atoms with Crippen molar-refractivity contribution in [3.05, 3.63) is 170 Å². The van der Waals surface area contributed by atoms with Crippen molar-refractivity contribution < 1.29 is 4.42 Å². The summed E-state index contributed by atoms with van der Waals surface area (Å²) in [5.41, 5.74) is 13.6. The van der Waals surface area contributed by atoms with Gasteiger partial charge in [-0.25, -0.2) is 4.98 Å². The molecule has 1 aliphatic carbocycles. The van der Waals surface area contributed by atoms with Crippen molar-refractivity contribution in [3.8, 4) is 44.5 Å². The van der Waals surface area contributed by atoms with Crippen LogP contribution >= 0.6 is 0 Å². The van der Waals surface area contributed by atoms with E-state index in [2.05, 4.69) is 157 Å². The molecule has 0 saturated heterocycles. The van der Waals surface area contributed by atoms with Crippen LogP contribution in [0.2, 0.25) is 0 Å². The summed E-state index contributed by atoms with van der Waals surface area (Å²) < 4.78 is 6.15. The molecule has 1 aliphatic rings. The van der Waals surface area contributed by atoms with Gasteiger partial charge in [0, 0.05) is 22.0 Å². The van der Waals surface area contributed by atoms with Crippen molar-refractivity contribution in [2.75, 3.05) is 4.90 Å². The molecule has 0 amide bonds. The molecule has 48 heavy (non-hydrogen) atoms. The fourth-order valence-electron chi connectivity index (χ4n) is 7.45. The number of nitrogens with zero attached hydrogens (tertiary/aromatic N) is 2. The van der Waals surface area contributed by atoms with Crippen molar-refractivity contribution in [2.45, 2.75) is 0 Å². The van der Waals surface area contributed by atoms with E-state index < -0.39 is 0 Å². The minimum absolute atomic E-state index is 0.779. The summed E-state index contributed by atoms with van der Waals surface area (Å²) >= 11 is 0. The fourth-order valence-corrected chi connectivity index (χ4v) is 7.45. The van der Waals surface area contributed by atoms with E-state index in [0.29, 0.717) is 0 Å². The average molecular weight is 613 g/mol. The number of benzene rings is 7. The van der Waals surface area contributed by atoms with E-state index in [0.717, 1.165) is 50.3 Å². The molecule has 0 radical (unpaired) electrons. The van der Waals surface area contributed by atoms with Gasteiger partial charge in [-0.2, -0.15) is 0 Å². The van der Waals surface area contributed by atoms with E-state index in [1.165, 1.54) is 44.2 Å². The van der Waals surface area contributed by atoms with E-state index in [-0.39, 0.29) is 0 Å². The molecule has 0 bridgehead atoms. The lowest BCUT2D eigenvalue weighted by atomic mass is 9.96. The first-order chi connectivity index (χ1) is 23.8. The summed E-state index contributed by atoms with van der Waals surface area (Å²) in [6, 6.07) is 58.4. The third-order valence-electron chi connectivity index (χ3n) is 9.65. The van der Waals surface area contributed by atoms with Crippen LogP contribution in [0, 0.1) is 0 Å². The summed E-state index contributed by atoms with van der Waals surface area (Å²) in [7, 11) is 0. The number of hydrogen-bond acceptors (Lipinski definition) is 3. The molecule has 3 nitrogen and oxygen atoms in total. The van der Waals surface area contributed by atoms with Gasteiger partial charge in [-0.1, -0.05) is 121 Å². The number of fused-ring (bicyclic) bond motifs is 6. The van der Waals surface area contributed by atoms with Gasteiger partial charge >= 0.3 is 0 Å². The Hall–Kier alpha value is -6.45. The van der Waals surface area contributed by atoms with Gasteiger partial charge in [-0.3, -0.25) is 4.90 Å². The molecule has 0 unspecified atom stereocenters. The van der Waals surface area contributed by atoms with Gasteiger partial charge in [-0.15, -0.1) is 0 Å². The van der Waals surface area contributed by atoms with Crippen molar-refractivity contribution >= 4 is 49.9 Å². The molecule has 3 heteroatoms. The molecule has 0 fully saturated rings. The molecule has 9 aromatic rings. The van der Waals surface area contributed by atoms with Gasteiger partial charge in [0.05, 0.1) is 11.9 Å². The van der Waals surface area contributed by atoms with Crippen molar-refractivity contribution in [1.29, 1.82) is 0 Å². The second kappa shape index (κ2) is 10.5. The molecule has 224 valence electrons. The van der Waals surface area contributed by atoms with Crippen LogP contribution in [0.3, 0.4) is 0 Å². The molecule has 0 aliphatic heterocycles. The minimum atomic E-state index is 0.779. The monoisotopic (exact) mass is 612 g/mol. The molecule has 2 heterocycles. The summed E-state index contributed by atoms with van der Waals surface area (Å²) in [6.45, 7) is 0. The van der Waals surface area contributed by atoms with Crippen LogP contribution < -0.4 is 4.90 Å². The van der Waals surface area contributed by atoms with Crippen LogP contribution in [0.25, 0.3) is 77.2 Å². The van der Waals surface area contributed by atoms with Crippen LogP contribution in [0.15, 0.2) is 174 Å². The van der Waals surface area contributed by atoms with Gasteiger partial charge in [0.15, 0.2) is 5.58 Å². The Morgan fingerprint density at radius 3 is 2.00 bits per heavy atom. The molecule has 0 saturated carbocycles. The van der Waals surface area contributed by atoms with Gasteiger partial charge in [0.1, 0.15) is 11.4 Å². The lowest BCUT2D eigenvalue weighted by Gasteiger charge is -2.27. The Morgan fingerprint density at radius 1 is 0.438 bits per heavy atom. The zero-order valence-electron chi connectivity index (χ0n) is 26.0. The average Bonchev–Trinajstić information content (AvgIpc) is 3.69. The molecule has 0 atom stereocenters.